The molecule has 5 heteroatoms. The lowest BCUT2D eigenvalue weighted by molar-refractivity contribution is -0.139. The van der Waals surface area contributed by atoms with E-state index in [4.69, 9.17) is 9.26 Å². The van der Waals surface area contributed by atoms with Crippen LogP contribution in [0.15, 0.2) is 40.4 Å². The lowest BCUT2D eigenvalue weighted by Gasteiger charge is -1.97. The van der Waals surface area contributed by atoms with Crippen LogP contribution in [0, 0.1) is 6.92 Å². The third-order valence-electron chi connectivity index (χ3n) is 2.52. The molecule has 20 heavy (non-hydrogen) atoms. The highest BCUT2D eigenvalue weighted by Gasteiger charge is 2.10. The van der Waals surface area contributed by atoms with Crippen LogP contribution in [0.3, 0.4) is 0 Å². The number of hydrogen-bond donors (Lipinski definition) is 0. The number of allylic oxidation sites excluding steroid dienone is 1. The van der Waals surface area contributed by atoms with E-state index in [1.807, 2.05) is 45.0 Å². The minimum atomic E-state index is -0.417. The zero-order chi connectivity index (χ0) is 14.5. The lowest BCUT2D eigenvalue weighted by Crippen LogP contribution is -2.01. The molecule has 0 aliphatic rings. The Morgan fingerprint density at radius 2 is 2.00 bits per heavy atom. The van der Waals surface area contributed by atoms with E-state index in [0.717, 1.165) is 16.7 Å². The van der Waals surface area contributed by atoms with E-state index in [9.17, 15) is 4.79 Å². The summed E-state index contributed by atoms with van der Waals surface area (Å²) in [6.45, 7) is 5.63. The fourth-order valence-corrected chi connectivity index (χ4v) is 1.54. The first-order valence-corrected chi connectivity index (χ1v) is 6.26. The standard InChI is InChI=1S/C15H16N2O3/c1-10(2)8-14(18)19-9-13-16-15(17-20-13)12-6-4-11(3)5-7-12/h4-8H,9H2,1-3H3. The van der Waals surface area contributed by atoms with E-state index in [1.54, 1.807) is 0 Å². The van der Waals surface area contributed by atoms with Crippen LogP contribution in [0.4, 0.5) is 0 Å². The van der Waals surface area contributed by atoms with Crippen LogP contribution in [-0.2, 0) is 16.1 Å². The van der Waals surface area contributed by atoms with E-state index in [2.05, 4.69) is 10.1 Å². The van der Waals surface area contributed by atoms with Crippen molar-refractivity contribution in [2.75, 3.05) is 0 Å². The minimum absolute atomic E-state index is 0.0263. The highest BCUT2D eigenvalue weighted by molar-refractivity contribution is 5.82. The molecule has 5 nitrogen and oxygen atoms in total. The second-order valence-corrected chi connectivity index (χ2v) is 4.71. The molecule has 0 amide bonds. The smallest absolute Gasteiger partial charge is 0.331 e. The molecule has 0 unspecified atom stereocenters. The van der Waals surface area contributed by atoms with E-state index in [-0.39, 0.29) is 12.5 Å². The summed E-state index contributed by atoms with van der Waals surface area (Å²) in [5.41, 5.74) is 2.90. The second kappa shape index (κ2) is 6.14. The largest absolute Gasteiger partial charge is 0.452 e. The van der Waals surface area contributed by atoms with Crippen LogP contribution in [0.5, 0.6) is 0 Å². The molecule has 1 aromatic heterocycles. The monoisotopic (exact) mass is 272 g/mol. The number of aryl methyl sites for hydroxylation is 1. The summed E-state index contributed by atoms with van der Waals surface area (Å²) >= 11 is 0. The maximum atomic E-state index is 11.4. The zero-order valence-electron chi connectivity index (χ0n) is 11.7. The number of rotatable bonds is 4. The van der Waals surface area contributed by atoms with Crippen LogP contribution in [-0.4, -0.2) is 16.1 Å². The normalized spacial score (nSPS) is 10.2. The zero-order valence-corrected chi connectivity index (χ0v) is 11.7. The molecule has 0 bridgehead atoms. The Hall–Kier alpha value is -2.43. The Balaban J connectivity index is 2.01. The fraction of sp³-hybridized carbons (Fsp3) is 0.267. The van der Waals surface area contributed by atoms with Gasteiger partial charge >= 0.3 is 5.97 Å². The Kier molecular flexibility index (Phi) is 4.30. The minimum Gasteiger partial charge on any atom is -0.452 e. The SMILES string of the molecule is CC(C)=CC(=O)OCc1nc(-c2ccc(C)cc2)no1. The molecule has 2 rings (SSSR count). The molecular formula is C15H16N2O3. The first-order chi connectivity index (χ1) is 9.54. The second-order valence-electron chi connectivity index (χ2n) is 4.71. The maximum absolute atomic E-state index is 11.4. The van der Waals surface area contributed by atoms with Gasteiger partial charge in [-0.15, -0.1) is 0 Å². The summed E-state index contributed by atoms with van der Waals surface area (Å²) in [7, 11) is 0. The Bertz CT molecular complexity index is 623. The van der Waals surface area contributed by atoms with Gasteiger partial charge < -0.3 is 9.26 Å². The van der Waals surface area contributed by atoms with Crippen LogP contribution in [0.1, 0.15) is 25.3 Å². The highest BCUT2D eigenvalue weighted by Crippen LogP contribution is 2.16. The van der Waals surface area contributed by atoms with Gasteiger partial charge in [-0.1, -0.05) is 40.6 Å². The molecule has 0 radical (unpaired) electrons. The van der Waals surface area contributed by atoms with E-state index < -0.39 is 5.97 Å². The van der Waals surface area contributed by atoms with Gasteiger partial charge in [0.15, 0.2) is 6.61 Å². The number of aromatic nitrogens is 2. The average Bonchev–Trinajstić information content (AvgIpc) is 2.85. The van der Waals surface area contributed by atoms with Crippen LogP contribution >= 0.6 is 0 Å². The first kappa shape index (κ1) is 14.0. The maximum Gasteiger partial charge on any atom is 0.331 e. The number of carbonyl (C=O) groups excluding carboxylic acids is 1. The molecule has 0 aliphatic carbocycles. The highest BCUT2D eigenvalue weighted by atomic mass is 16.6. The molecule has 1 heterocycles. The van der Waals surface area contributed by atoms with Gasteiger partial charge in [-0.3, -0.25) is 0 Å². The molecule has 0 aliphatic heterocycles. The average molecular weight is 272 g/mol. The molecule has 0 spiro atoms. The Morgan fingerprint density at radius 3 is 2.65 bits per heavy atom. The molecule has 1 aromatic carbocycles. The molecule has 0 saturated heterocycles. The predicted molar refractivity (Wildman–Crippen MR) is 73.7 cm³/mol. The van der Waals surface area contributed by atoms with E-state index >= 15 is 0 Å². The lowest BCUT2D eigenvalue weighted by atomic mass is 10.1. The van der Waals surface area contributed by atoms with Gasteiger partial charge in [0.1, 0.15) is 0 Å². The van der Waals surface area contributed by atoms with Crippen molar-refractivity contribution in [2.24, 2.45) is 0 Å². The number of esters is 1. The molecule has 104 valence electrons. The van der Waals surface area contributed by atoms with Crippen molar-refractivity contribution in [2.45, 2.75) is 27.4 Å². The summed E-state index contributed by atoms with van der Waals surface area (Å²) < 4.78 is 10.0. The van der Waals surface area contributed by atoms with Crippen molar-refractivity contribution >= 4 is 5.97 Å². The summed E-state index contributed by atoms with van der Waals surface area (Å²) in [6.07, 6.45) is 1.41. The van der Waals surface area contributed by atoms with Gasteiger partial charge in [0.2, 0.25) is 5.82 Å². The van der Waals surface area contributed by atoms with Crippen molar-refractivity contribution in [3.63, 3.8) is 0 Å². The summed E-state index contributed by atoms with van der Waals surface area (Å²) in [6, 6.07) is 7.78. The Labute approximate surface area is 117 Å². The molecule has 0 fully saturated rings. The van der Waals surface area contributed by atoms with Gasteiger partial charge in [0.05, 0.1) is 0 Å². The molecule has 0 atom stereocenters. The number of nitrogens with zero attached hydrogens (tertiary/aromatic N) is 2. The molecular weight excluding hydrogens is 256 g/mol. The quantitative estimate of drug-likeness (QED) is 0.632. The van der Waals surface area contributed by atoms with E-state index in [0.29, 0.717) is 5.82 Å². The van der Waals surface area contributed by atoms with Crippen molar-refractivity contribution in [3.8, 4) is 11.4 Å². The number of ether oxygens (including phenoxy) is 1. The van der Waals surface area contributed by atoms with Gasteiger partial charge in [-0.25, -0.2) is 4.79 Å². The van der Waals surface area contributed by atoms with Crippen LogP contribution in [0.25, 0.3) is 11.4 Å². The van der Waals surface area contributed by atoms with Crippen molar-refractivity contribution < 1.29 is 14.1 Å². The van der Waals surface area contributed by atoms with Crippen molar-refractivity contribution in [1.82, 2.24) is 10.1 Å². The number of hydrogen-bond acceptors (Lipinski definition) is 5. The third kappa shape index (κ3) is 3.78. The van der Waals surface area contributed by atoms with Crippen LogP contribution in [0.2, 0.25) is 0 Å². The summed E-state index contributed by atoms with van der Waals surface area (Å²) in [5.74, 6) is 0.342. The predicted octanol–water partition coefficient (Wildman–Crippen LogP) is 3.05. The topological polar surface area (TPSA) is 65.2 Å². The first-order valence-electron chi connectivity index (χ1n) is 6.26. The van der Waals surface area contributed by atoms with Crippen LogP contribution < -0.4 is 0 Å². The van der Waals surface area contributed by atoms with E-state index in [1.165, 1.54) is 6.08 Å². The molecule has 2 aromatic rings. The van der Waals surface area contributed by atoms with Gasteiger partial charge in [-0.2, -0.15) is 4.98 Å². The fourth-order valence-electron chi connectivity index (χ4n) is 1.54. The number of benzene rings is 1. The van der Waals surface area contributed by atoms with Gasteiger partial charge in [0.25, 0.3) is 5.89 Å². The van der Waals surface area contributed by atoms with Crippen molar-refractivity contribution in [3.05, 3.63) is 47.4 Å². The molecule has 0 N–H and O–H groups in total. The van der Waals surface area contributed by atoms with Gasteiger partial charge in [-0.05, 0) is 20.8 Å². The summed E-state index contributed by atoms with van der Waals surface area (Å²) in [5, 5.41) is 3.86. The Morgan fingerprint density at radius 1 is 1.30 bits per heavy atom. The van der Waals surface area contributed by atoms with Gasteiger partial charge in [0, 0.05) is 11.6 Å². The number of carbonyl (C=O) groups is 1. The third-order valence-corrected chi connectivity index (χ3v) is 2.52. The van der Waals surface area contributed by atoms with Crippen molar-refractivity contribution in [1.29, 1.82) is 0 Å². The molecule has 0 saturated carbocycles. The summed E-state index contributed by atoms with van der Waals surface area (Å²) in [4.78, 5) is 15.5.